The van der Waals surface area contributed by atoms with Gasteiger partial charge in [-0.15, -0.1) is 0 Å². The first kappa shape index (κ1) is 18.4. The predicted octanol–water partition coefficient (Wildman–Crippen LogP) is 3.05. The summed E-state index contributed by atoms with van der Waals surface area (Å²) < 4.78 is 44.4. The van der Waals surface area contributed by atoms with E-state index in [4.69, 9.17) is 11.6 Å². The van der Waals surface area contributed by atoms with Crippen molar-refractivity contribution in [1.29, 1.82) is 0 Å². The maximum Gasteiger partial charge on any atom is 0.265 e. The molecule has 0 bridgehead atoms. The Kier molecular flexibility index (Phi) is 5.01. The molecule has 0 unspecified atom stereocenters. The maximum absolute atomic E-state index is 13.9. The molecule has 0 amide bonds. The highest BCUT2D eigenvalue weighted by atomic mass is 35.5. The molecule has 2 aromatic heterocycles. The zero-order valence-corrected chi connectivity index (χ0v) is 15.7. The highest BCUT2D eigenvalue weighted by Crippen LogP contribution is 2.22. The van der Waals surface area contributed by atoms with Crippen molar-refractivity contribution in [3.8, 4) is 0 Å². The van der Waals surface area contributed by atoms with Crippen LogP contribution in [0.4, 0.5) is 10.1 Å². The van der Waals surface area contributed by atoms with Crippen molar-refractivity contribution in [3.63, 3.8) is 0 Å². The van der Waals surface area contributed by atoms with Crippen molar-refractivity contribution in [1.82, 2.24) is 19.6 Å². The van der Waals surface area contributed by atoms with Crippen LogP contribution in [0.25, 0.3) is 0 Å². The monoisotopic (exact) mass is 397 g/mol. The Morgan fingerprint density at radius 1 is 1.27 bits per heavy atom. The summed E-state index contributed by atoms with van der Waals surface area (Å²) in [5.41, 5.74) is 1.10. The predicted molar refractivity (Wildman–Crippen MR) is 96.2 cm³/mol. The van der Waals surface area contributed by atoms with Gasteiger partial charge in [-0.3, -0.25) is 14.1 Å². The molecule has 2 heterocycles. The largest absolute Gasteiger partial charge is 0.276 e. The van der Waals surface area contributed by atoms with E-state index in [2.05, 4.69) is 14.9 Å². The molecule has 1 N–H and O–H groups in total. The van der Waals surface area contributed by atoms with Crippen LogP contribution < -0.4 is 4.72 Å². The summed E-state index contributed by atoms with van der Waals surface area (Å²) in [7, 11) is -3.80. The van der Waals surface area contributed by atoms with Crippen LogP contribution in [0.3, 0.4) is 0 Å². The van der Waals surface area contributed by atoms with E-state index in [9.17, 15) is 12.8 Å². The molecule has 0 atom stereocenters. The van der Waals surface area contributed by atoms with Gasteiger partial charge >= 0.3 is 0 Å². The number of sulfonamides is 1. The third kappa shape index (κ3) is 3.58. The number of aromatic nitrogens is 4. The average molecular weight is 398 g/mol. The van der Waals surface area contributed by atoms with E-state index in [1.165, 1.54) is 35.4 Å². The van der Waals surface area contributed by atoms with Crippen LogP contribution in [0.1, 0.15) is 18.2 Å². The van der Waals surface area contributed by atoms with Crippen molar-refractivity contribution in [2.24, 2.45) is 0 Å². The first-order valence-corrected chi connectivity index (χ1v) is 9.68. The first-order chi connectivity index (χ1) is 12.3. The number of rotatable bonds is 6. The number of aryl methyl sites for hydroxylation is 1. The molecular formula is C16H17ClFN5O2S. The summed E-state index contributed by atoms with van der Waals surface area (Å²) in [6.07, 6.45) is 4.14. The third-order valence-corrected chi connectivity index (χ3v) is 5.75. The van der Waals surface area contributed by atoms with Crippen LogP contribution in [-0.4, -0.2) is 28.0 Å². The second-order valence-corrected chi connectivity index (χ2v) is 7.70. The van der Waals surface area contributed by atoms with Crippen molar-refractivity contribution >= 4 is 27.3 Å². The van der Waals surface area contributed by atoms with Crippen molar-refractivity contribution in [2.45, 2.75) is 31.8 Å². The number of nitrogens with one attached hydrogen (secondary N) is 1. The van der Waals surface area contributed by atoms with Gasteiger partial charge in [0, 0.05) is 23.3 Å². The van der Waals surface area contributed by atoms with Gasteiger partial charge in [0.2, 0.25) is 0 Å². The SMILES string of the molecule is CCn1ncc(S(=O)(=O)Nc2cnn(Cc3c(F)cccc3Cl)c2)c1C. The van der Waals surface area contributed by atoms with E-state index in [0.717, 1.165) is 0 Å². The Balaban J connectivity index is 1.81. The van der Waals surface area contributed by atoms with E-state index in [-0.39, 0.29) is 27.7 Å². The standard InChI is InChI=1S/C16H17ClFN5O2S/c1-3-23-11(2)16(8-20-23)26(24,25)21-12-7-19-22(9-12)10-13-14(17)5-4-6-15(13)18/h4-9,21H,3,10H2,1-2H3. The van der Waals surface area contributed by atoms with E-state index in [0.29, 0.717) is 12.2 Å². The van der Waals surface area contributed by atoms with E-state index >= 15 is 0 Å². The fraction of sp³-hybridized carbons (Fsp3) is 0.250. The fourth-order valence-corrected chi connectivity index (χ4v) is 4.00. The minimum Gasteiger partial charge on any atom is -0.276 e. The van der Waals surface area contributed by atoms with Gasteiger partial charge < -0.3 is 0 Å². The van der Waals surface area contributed by atoms with E-state index in [1.807, 2.05) is 6.92 Å². The lowest BCUT2D eigenvalue weighted by atomic mass is 10.2. The van der Waals surface area contributed by atoms with Crippen LogP contribution in [0.2, 0.25) is 5.02 Å². The van der Waals surface area contributed by atoms with Crippen LogP contribution in [0.5, 0.6) is 0 Å². The van der Waals surface area contributed by atoms with E-state index in [1.54, 1.807) is 17.7 Å². The summed E-state index contributed by atoms with van der Waals surface area (Å²) in [6, 6.07) is 4.41. The Bertz CT molecular complexity index is 1020. The second kappa shape index (κ2) is 7.08. The molecule has 1 aromatic carbocycles. The zero-order chi connectivity index (χ0) is 18.9. The fourth-order valence-electron chi connectivity index (χ4n) is 2.57. The van der Waals surface area contributed by atoms with Gasteiger partial charge in [-0.2, -0.15) is 10.2 Å². The van der Waals surface area contributed by atoms with Crippen molar-refractivity contribution in [3.05, 3.63) is 58.9 Å². The molecule has 0 saturated heterocycles. The Hall–Kier alpha value is -2.39. The van der Waals surface area contributed by atoms with Gasteiger partial charge in [-0.1, -0.05) is 17.7 Å². The molecule has 26 heavy (non-hydrogen) atoms. The van der Waals surface area contributed by atoms with Crippen molar-refractivity contribution in [2.75, 3.05) is 4.72 Å². The smallest absolute Gasteiger partial charge is 0.265 e. The Morgan fingerprint density at radius 3 is 2.69 bits per heavy atom. The quantitative estimate of drug-likeness (QED) is 0.693. The summed E-state index contributed by atoms with van der Waals surface area (Å²) in [4.78, 5) is 0.101. The molecular weight excluding hydrogens is 381 g/mol. The van der Waals surface area contributed by atoms with Gasteiger partial charge in [-0.05, 0) is 26.0 Å². The molecule has 138 valence electrons. The Labute approximate surface area is 155 Å². The summed E-state index contributed by atoms with van der Waals surface area (Å²) in [6.45, 7) is 4.22. The number of nitrogens with zero attached hydrogens (tertiary/aromatic N) is 4. The molecule has 0 aliphatic rings. The summed E-state index contributed by atoms with van der Waals surface area (Å²) >= 11 is 6.00. The molecule has 0 fully saturated rings. The first-order valence-electron chi connectivity index (χ1n) is 7.82. The van der Waals surface area contributed by atoms with Crippen molar-refractivity contribution < 1.29 is 12.8 Å². The minimum absolute atomic E-state index is 0.0834. The topological polar surface area (TPSA) is 81.8 Å². The highest BCUT2D eigenvalue weighted by Gasteiger charge is 2.21. The minimum atomic E-state index is -3.80. The van der Waals surface area contributed by atoms with Gasteiger partial charge in [0.05, 0.1) is 30.3 Å². The van der Waals surface area contributed by atoms with Gasteiger partial charge in [0.25, 0.3) is 10.0 Å². The number of hydrogen-bond donors (Lipinski definition) is 1. The van der Waals surface area contributed by atoms with Crippen LogP contribution in [0.15, 0.2) is 41.7 Å². The molecule has 0 radical (unpaired) electrons. The lowest BCUT2D eigenvalue weighted by Gasteiger charge is -2.07. The van der Waals surface area contributed by atoms with Gasteiger partial charge in [0.15, 0.2) is 0 Å². The average Bonchev–Trinajstić information content (AvgIpc) is 3.17. The molecule has 7 nitrogen and oxygen atoms in total. The van der Waals surface area contributed by atoms with E-state index < -0.39 is 15.8 Å². The maximum atomic E-state index is 13.9. The molecule has 0 saturated carbocycles. The number of halogens is 2. The normalized spacial score (nSPS) is 11.7. The molecule has 10 heteroatoms. The summed E-state index contributed by atoms with van der Waals surface area (Å²) in [5, 5.41) is 8.38. The molecule has 0 spiro atoms. The molecule has 3 aromatic rings. The molecule has 0 aliphatic heterocycles. The lowest BCUT2D eigenvalue weighted by Crippen LogP contribution is -2.13. The zero-order valence-electron chi connectivity index (χ0n) is 14.1. The third-order valence-electron chi connectivity index (χ3n) is 3.91. The number of hydrogen-bond acceptors (Lipinski definition) is 4. The lowest BCUT2D eigenvalue weighted by molar-refractivity contribution is 0.585. The summed E-state index contributed by atoms with van der Waals surface area (Å²) in [5.74, 6) is -0.447. The van der Waals surface area contributed by atoms with Crippen LogP contribution in [-0.2, 0) is 23.1 Å². The number of anilines is 1. The van der Waals surface area contributed by atoms with Crippen LogP contribution in [0, 0.1) is 12.7 Å². The second-order valence-electron chi connectivity index (χ2n) is 5.64. The van der Waals surface area contributed by atoms with Gasteiger partial charge in [-0.25, -0.2) is 12.8 Å². The van der Waals surface area contributed by atoms with Crippen LogP contribution >= 0.6 is 11.6 Å². The van der Waals surface area contributed by atoms with Gasteiger partial charge in [0.1, 0.15) is 10.7 Å². The highest BCUT2D eigenvalue weighted by molar-refractivity contribution is 7.92. The molecule has 3 rings (SSSR count). The molecule has 0 aliphatic carbocycles. The Morgan fingerprint density at radius 2 is 2.04 bits per heavy atom. The number of benzene rings is 1.